The summed E-state index contributed by atoms with van der Waals surface area (Å²) in [6.45, 7) is 17.2. The van der Waals surface area contributed by atoms with Gasteiger partial charge in [-0.15, -0.1) is 11.8 Å². The Kier molecular flexibility index (Phi) is 11.6. The Morgan fingerprint density at radius 1 is 1.30 bits per heavy atom. The van der Waals surface area contributed by atoms with E-state index < -0.39 is 0 Å². The van der Waals surface area contributed by atoms with Gasteiger partial charge in [-0.25, -0.2) is 0 Å². The number of carbonyl (C=O) groups is 1. The smallest absolute Gasteiger partial charge is 0.250 e. The van der Waals surface area contributed by atoms with Crippen LogP contribution in [0.5, 0.6) is 0 Å². The SMILES string of the molecule is C=C/C=C\C(Br)=C/CSC1=C(C(C)C)C(C(N)=O)=C(C)N(CC(/C=C\C)=C/C=C)C1. The van der Waals surface area contributed by atoms with Gasteiger partial charge in [0.05, 0.1) is 5.57 Å². The highest BCUT2D eigenvalue weighted by molar-refractivity contribution is 9.11. The molecule has 0 radical (unpaired) electrons. The van der Waals surface area contributed by atoms with Crippen molar-refractivity contribution in [2.75, 3.05) is 18.8 Å². The molecule has 0 fully saturated rings. The molecule has 3 nitrogen and oxygen atoms in total. The molecule has 0 saturated heterocycles. The van der Waals surface area contributed by atoms with Crippen LogP contribution in [0.1, 0.15) is 27.7 Å². The van der Waals surface area contributed by atoms with Crippen LogP contribution in [0.2, 0.25) is 0 Å². The molecule has 0 aromatic rings. The zero-order valence-corrected chi connectivity index (χ0v) is 20.9. The third-order valence-electron chi connectivity index (χ3n) is 4.58. The van der Waals surface area contributed by atoms with Gasteiger partial charge in [0.15, 0.2) is 0 Å². The Morgan fingerprint density at radius 2 is 2.00 bits per heavy atom. The van der Waals surface area contributed by atoms with Crippen LogP contribution in [0.25, 0.3) is 0 Å². The Labute approximate surface area is 194 Å². The second-order valence-corrected chi connectivity index (χ2v) is 9.17. The van der Waals surface area contributed by atoms with Crippen LogP contribution in [0.4, 0.5) is 0 Å². The first-order valence-electron chi connectivity index (χ1n) is 9.97. The lowest BCUT2D eigenvalue weighted by Gasteiger charge is -2.36. The van der Waals surface area contributed by atoms with Crippen LogP contribution in [-0.4, -0.2) is 29.6 Å². The quantitative estimate of drug-likeness (QED) is 0.341. The molecule has 1 aliphatic heterocycles. The van der Waals surface area contributed by atoms with Crippen molar-refractivity contribution in [2.24, 2.45) is 11.7 Å². The number of nitrogens with zero attached hydrogens (tertiary/aromatic N) is 1. The number of primary amides is 1. The van der Waals surface area contributed by atoms with Gasteiger partial charge in [0.1, 0.15) is 0 Å². The first kappa shape index (κ1) is 26.1. The zero-order valence-electron chi connectivity index (χ0n) is 18.5. The van der Waals surface area contributed by atoms with Crippen molar-refractivity contribution in [1.29, 1.82) is 0 Å². The van der Waals surface area contributed by atoms with Gasteiger partial charge in [-0.3, -0.25) is 4.79 Å². The van der Waals surface area contributed by atoms with Crippen molar-refractivity contribution in [3.05, 3.63) is 93.6 Å². The van der Waals surface area contributed by atoms with Crippen LogP contribution >= 0.6 is 27.7 Å². The van der Waals surface area contributed by atoms with Crippen molar-refractivity contribution in [1.82, 2.24) is 4.90 Å². The van der Waals surface area contributed by atoms with Crippen LogP contribution in [0.3, 0.4) is 0 Å². The van der Waals surface area contributed by atoms with Crippen molar-refractivity contribution >= 4 is 33.6 Å². The first-order valence-corrected chi connectivity index (χ1v) is 11.7. The minimum Gasteiger partial charge on any atom is -0.366 e. The molecule has 5 heteroatoms. The lowest BCUT2D eigenvalue weighted by molar-refractivity contribution is -0.114. The molecular weight excluding hydrogens is 456 g/mol. The van der Waals surface area contributed by atoms with Crippen molar-refractivity contribution in [3.63, 3.8) is 0 Å². The summed E-state index contributed by atoms with van der Waals surface area (Å²) in [4.78, 5) is 15.8. The van der Waals surface area contributed by atoms with E-state index in [1.165, 1.54) is 4.91 Å². The Morgan fingerprint density at radius 3 is 2.53 bits per heavy atom. The van der Waals surface area contributed by atoms with Crippen LogP contribution in [0, 0.1) is 5.92 Å². The second kappa shape index (κ2) is 13.3. The largest absolute Gasteiger partial charge is 0.366 e. The molecule has 0 atom stereocenters. The van der Waals surface area contributed by atoms with E-state index in [1.54, 1.807) is 23.9 Å². The van der Waals surface area contributed by atoms with E-state index in [9.17, 15) is 4.79 Å². The molecule has 0 saturated carbocycles. The fraction of sp³-hybridized carbons (Fsp3) is 0.320. The standard InChI is InChI=1S/C25H33BrN2OS/c1-7-10-13-21(26)14-15-30-22-17-28(16-20(11-8-2)12-9-3)19(6)24(25(27)29)23(22)18(4)5/h7-14,18H,1-2,15-17H2,3-6H3,(H2,27,29)/b12-9-,13-10-,20-11+,21-14+. The van der Waals surface area contributed by atoms with Gasteiger partial charge in [-0.2, -0.15) is 0 Å². The molecule has 30 heavy (non-hydrogen) atoms. The summed E-state index contributed by atoms with van der Waals surface area (Å²) in [6.07, 6.45) is 15.6. The topological polar surface area (TPSA) is 46.3 Å². The van der Waals surface area contributed by atoms with Crippen LogP contribution in [-0.2, 0) is 4.79 Å². The van der Waals surface area contributed by atoms with Crippen molar-refractivity contribution in [3.8, 4) is 0 Å². The Hall–Kier alpha value is -1.98. The Balaban J connectivity index is 3.31. The Bertz CT molecular complexity index is 841. The summed E-state index contributed by atoms with van der Waals surface area (Å²) in [5, 5.41) is 0. The van der Waals surface area contributed by atoms with E-state index in [1.807, 2.05) is 38.2 Å². The van der Waals surface area contributed by atoms with E-state index in [2.05, 4.69) is 60.0 Å². The maximum atomic E-state index is 12.4. The number of rotatable bonds is 11. The molecule has 0 spiro atoms. The van der Waals surface area contributed by atoms with Gasteiger partial charge in [0, 0.05) is 33.9 Å². The normalized spacial score (nSPS) is 16.4. The average Bonchev–Trinajstić information content (AvgIpc) is 2.68. The maximum Gasteiger partial charge on any atom is 0.250 e. The lowest BCUT2D eigenvalue weighted by atomic mass is 9.90. The molecule has 1 heterocycles. The highest BCUT2D eigenvalue weighted by Gasteiger charge is 2.29. The second-order valence-electron chi connectivity index (χ2n) is 7.14. The minimum absolute atomic E-state index is 0.207. The third-order valence-corrected chi connectivity index (χ3v) is 6.20. The van der Waals surface area contributed by atoms with Gasteiger partial charge < -0.3 is 10.6 Å². The fourth-order valence-electron chi connectivity index (χ4n) is 3.29. The van der Waals surface area contributed by atoms with Crippen molar-refractivity contribution < 1.29 is 4.79 Å². The highest BCUT2D eigenvalue weighted by atomic mass is 79.9. The number of carbonyl (C=O) groups excluding carboxylic acids is 1. The molecule has 0 aliphatic carbocycles. The summed E-state index contributed by atoms with van der Waals surface area (Å²) in [5.74, 6) is 0.625. The van der Waals surface area contributed by atoms with E-state index in [-0.39, 0.29) is 11.8 Å². The fourth-order valence-corrected chi connectivity index (χ4v) is 5.02. The number of hydrogen-bond donors (Lipinski definition) is 1. The van der Waals surface area contributed by atoms with E-state index in [0.29, 0.717) is 12.1 Å². The van der Waals surface area contributed by atoms with Gasteiger partial charge >= 0.3 is 0 Å². The van der Waals surface area contributed by atoms with Gasteiger partial charge in [-0.05, 0) is 37.0 Å². The monoisotopic (exact) mass is 488 g/mol. The molecule has 0 aromatic carbocycles. The maximum absolute atomic E-state index is 12.4. The van der Waals surface area contributed by atoms with Crippen LogP contribution in [0.15, 0.2) is 93.6 Å². The van der Waals surface area contributed by atoms with Crippen LogP contribution < -0.4 is 5.73 Å². The summed E-state index contributed by atoms with van der Waals surface area (Å²) in [7, 11) is 0. The summed E-state index contributed by atoms with van der Waals surface area (Å²) in [6, 6.07) is 0. The molecule has 1 aliphatic rings. The molecule has 2 N–H and O–H groups in total. The number of hydrogen-bond acceptors (Lipinski definition) is 3. The number of allylic oxidation sites excluding steroid dienone is 8. The summed E-state index contributed by atoms with van der Waals surface area (Å²) in [5.41, 5.74) is 9.61. The first-order chi connectivity index (χ1) is 14.3. The zero-order chi connectivity index (χ0) is 22.7. The predicted molar refractivity (Wildman–Crippen MR) is 137 cm³/mol. The minimum atomic E-state index is -0.370. The number of halogens is 1. The number of amides is 1. The third kappa shape index (κ3) is 7.69. The molecule has 162 valence electrons. The summed E-state index contributed by atoms with van der Waals surface area (Å²) < 4.78 is 1.00. The van der Waals surface area contributed by atoms with Gasteiger partial charge in [-0.1, -0.05) is 85.5 Å². The average molecular weight is 490 g/mol. The lowest BCUT2D eigenvalue weighted by Crippen LogP contribution is -2.35. The van der Waals surface area contributed by atoms with Gasteiger partial charge in [0.2, 0.25) is 0 Å². The molecule has 0 aromatic heterocycles. The van der Waals surface area contributed by atoms with E-state index in [0.717, 1.165) is 33.6 Å². The number of thioether (sulfide) groups is 1. The summed E-state index contributed by atoms with van der Waals surface area (Å²) >= 11 is 5.30. The van der Waals surface area contributed by atoms with E-state index >= 15 is 0 Å². The molecular formula is C25H33BrN2OS. The predicted octanol–water partition coefficient (Wildman–Crippen LogP) is 6.41. The van der Waals surface area contributed by atoms with Crippen molar-refractivity contribution in [2.45, 2.75) is 27.7 Å². The number of nitrogens with two attached hydrogens (primary N) is 1. The molecule has 1 rings (SSSR count). The van der Waals surface area contributed by atoms with Gasteiger partial charge in [0.25, 0.3) is 5.91 Å². The van der Waals surface area contributed by atoms with E-state index in [4.69, 9.17) is 5.73 Å². The molecule has 0 unspecified atom stereocenters. The molecule has 1 amide bonds. The highest BCUT2D eigenvalue weighted by Crippen LogP contribution is 2.38. The molecule has 0 bridgehead atoms.